The fourth-order valence-corrected chi connectivity index (χ4v) is 2.29. The monoisotopic (exact) mass is 353 g/mol. The van der Waals surface area contributed by atoms with Gasteiger partial charge in [0.25, 0.3) is 5.91 Å². The molecule has 0 aromatic heterocycles. The number of carbonyl (C=O) groups excluding carboxylic acids is 3. The maximum Gasteiger partial charge on any atom is 0.255 e. The van der Waals surface area contributed by atoms with Gasteiger partial charge >= 0.3 is 0 Å². The highest BCUT2D eigenvalue weighted by molar-refractivity contribution is 5.99. The Balaban J connectivity index is 2.04. The fourth-order valence-electron chi connectivity index (χ4n) is 2.29. The van der Waals surface area contributed by atoms with Crippen molar-refractivity contribution in [2.45, 2.75) is 6.42 Å². The van der Waals surface area contributed by atoms with Gasteiger partial charge in [-0.1, -0.05) is 18.2 Å². The van der Waals surface area contributed by atoms with Gasteiger partial charge in [-0.3, -0.25) is 14.4 Å². The molecule has 0 aliphatic rings. The second-order valence-corrected chi connectivity index (χ2v) is 5.52. The SMILES string of the molecule is C=CCNC(=O)c1ccc(NC(=O)Cc2cccc(C(N)=O)c2)cc1O. The lowest BCUT2D eigenvalue weighted by molar-refractivity contribution is -0.115. The number of hydrogen-bond donors (Lipinski definition) is 4. The number of amides is 3. The first-order valence-electron chi connectivity index (χ1n) is 7.81. The molecule has 0 heterocycles. The number of rotatable bonds is 7. The van der Waals surface area contributed by atoms with Crippen LogP contribution >= 0.6 is 0 Å². The summed E-state index contributed by atoms with van der Waals surface area (Å²) in [4.78, 5) is 35.2. The highest BCUT2D eigenvalue weighted by Gasteiger charge is 2.12. The van der Waals surface area contributed by atoms with Crippen LogP contribution in [0.25, 0.3) is 0 Å². The molecule has 0 fully saturated rings. The molecule has 0 aliphatic carbocycles. The van der Waals surface area contributed by atoms with Crippen molar-refractivity contribution in [3.63, 3.8) is 0 Å². The van der Waals surface area contributed by atoms with Gasteiger partial charge in [-0.25, -0.2) is 0 Å². The average molecular weight is 353 g/mol. The molecule has 0 radical (unpaired) electrons. The molecule has 7 heteroatoms. The summed E-state index contributed by atoms with van der Waals surface area (Å²) in [5.74, 6) is -1.60. The lowest BCUT2D eigenvalue weighted by Gasteiger charge is -2.09. The molecule has 2 aromatic rings. The maximum atomic E-state index is 12.1. The first-order chi connectivity index (χ1) is 12.4. The topological polar surface area (TPSA) is 122 Å². The Hall–Kier alpha value is -3.61. The summed E-state index contributed by atoms with van der Waals surface area (Å²) >= 11 is 0. The number of benzene rings is 2. The molecule has 0 saturated carbocycles. The number of primary amides is 1. The van der Waals surface area contributed by atoms with E-state index in [4.69, 9.17) is 5.73 Å². The largest absolute Gasteiger partial charge is 0.507 e. The van der Waals surface area contributed by atoms with Crippen LogP contribution in [0.5, 0.6) is 5.75 Å². The molecule has 7 nitrogen and oxygen atoms in total. The summed E-state index contributed by atoms with van der Waals surface area (Å²) in [5, 5.41) is 15.2. The number of phenolic OH excluding ortho intramolecular Hbond substituents is 1. The number of phenols is 1. The Bertz CT molecular complexity index is 862. The summed E-state index contributed by atoms with van der Waals surface area (Å²) in [7, 11) is 0. The van der Waals surface area contributed by atoms with Crippen molar-refractivity contribution in [2.24, 2.45) is 5.73 Å². The number of hydrogen-bond acceptors (Lipinski definition) is 4. The second-order valence-electron chi connectivity index (χ2n) is 5.52. The quantitative estimate of drug-likeness (QED) is 0.565. The molecule has 0 spiro atoms. The van der Waals surface area contributed by atoms with Gasteiger partial charge in [-0.2, -0.15) is 0 Å². The molecule has 3 amide bonds. The van der Waals surface area contributed by atoms with Crippen LogP contribution in [0.2, 0.25) is 0 Å². The summed E-state index contributed by atoms with van der Waals surface area (Å²) in [5.41, 5.74) is 6.61. The summed E-state index contributed by atoms with van der Waals surface area (Å²) in [6.07, 6.45) is 1.56. The van der Waals surface area contributed by atoms with Gasteiger partial charge in [0.05, 0.1) is 12.0 Å². The van der Waals surface area contributed by atoms with Crippen molar-refractivity contribution in [3.05, 3.63) is 71.8 Å². The molecule has 2 rings (SSSR count). The molecule has 0 unspecified atom stereocenters. The summed E-state index contributed by atoms with van der Waals surface area (Å²) in [6, 6.07) is 10.7. The van der Waals surface area contributed by atoms with E-state index in [1.165, 1.54) is 24.3 Å². The van der Waals surface area contributed by atoms with Crippen LogP contribution in [0.3, 0.4) is 0 Å². The van der Waals surface area contributed by atoms with E-state index < -0.39 is 11.8 Å². The molecule has 134 valence electrons. The number of nitrogens with two attached hydrogens (primary N) is 1. The fraction of sp³-hybridized carbons (Fsp3) is 0.105. The molecule has 26 heavy (non-hydrogen) atoms. The Morgan fingerprint density at radius 2 is 1.92 bits per heavy atom. The van der Waals surface area contributed by atoms with E-state index in [0.29, 0.717) is 16.8 Å². The molecular formula is C19H19N3O4. The summed E-state index contributed by atoms with van der Waals surface area (Å²) < 4.78 is 0. The average Bonchev–Trinajstić information content (AvgIpc) is 2.59. The third kappa shape index (κ3) is 4.94. The van der Waals surface area contributed by atoms with E-state index in [1.807, 2.05) is 0 Å². The van der Waals surface area contributed by atoms with Crippen molar-refractivity contribution in [1.82, 2.24) is 5.32 Å². The lowest BCUT2D eigenvalue weighted by Crippen LogP contribution is -2.23. The summed E-state index contributed by atoms with van der Waals surface area (Å²) in [6.45, 7) is 3.77. The molecule has 2 aromatic carbocycles. The van der Waals surface area contributed by atoms with Crippen LogP contribution < -0.4 is 16.4 Å². The van der Waals surface area contributed by atoms with Gasteiger partial charge in [-0.05, 0) is 29.8 Å². The Morgan fingerprint density at radius 1 is 1.15 bits per heavy atom. The standard InChI is InChI=1S/C19H19N3O4/c1-2-8-21-19(26)15-7-6-14(11-16(15)23)22-17(24)10-12-4-3-5-13(9-12)18(20)25/h2-7,9,11,23H,1,8,10H2,(H2,20,25)(H,21,26)(H,22,24). The van der Waals surface area contributed by atoms with Gasteiger partial charge < -0.3 is 21.5 Å². The van der Waals surface area contributed by atoms with Gasteiger partial charge in [0.2, 0.25) is 11.8 Å². The van der Waals surface area contributed by atoms with Crippen molar-refractivity contribution in [3.8, 4) is 5.75 Å². The van der Waals surface area contributed by atoms with E-state index >= 15 is 0 Å². The van der Waals surface area contributed by atoms with Gasteiger partial charge in [0.15, 0.2) is 0 Å². The van der Waals surface area contributed by atoms with Gasteiger partial charge in [0.1, 0.15) is 5.75 Å². The smallest absolute Gasteiger partial charge is 0.255 e. The Kier molecular flexibility index (Phi) is 6.10. The van der Waals surface area contributed by atoms with Crippen LogP contribution in [-0.4, -0.2) is 29.4 Å². The minimum Gasteiger partial charge on any atom is -0.507 e. The minimum atomic E-state index is -0.567. The Labute approximate surface area is 150 Å². The lowest BCUT2D eigenvalue weighted by atomic mass is 10.1. The molecule has 0 aliphatic heterocycles. The van der Waals surface area contributed by atoms with Crippen LogP contribution in [-0.2, 0) is 11.2 Å². The van der Waals surface area contributed by atoms with E-state index in [9.17, 15) is 19.5 Å². The first kappa shape index (κ1) is 18.7. The maximum absolute atomic E-state index is 12.1. The number of aromatic hydroxyl groups is 1. The third-order valence-corrected chi connectivity index (χ3v) is 3.51. The van der Waals surface area contributed by atoms with Crippen LogP contribution in [0.15, 0.2) is 55.1 Å². The number of nitrogens with one attached hydrogen (secondary N) is 2. The van der Waals surface area contributed by atoms with E-state index in [-0.39, 0.29) is 30.2 Å². The van der Waals surface area contributed by atoms with Crippen molar-refractivity contribution in [2.75, 3.05) is 11.9 Å². The van der Waals surface area contributed by atoms with Crippen LogP contribution in [0.4, 0.5) is 5.69 Å². The highest BCUT2D eigenvalue weighted by Crippen LogP contribution is 2.22. The van der Waals surface area contributed by atoms with E-state index in [0.717, 1.165) is 0 Å². The van der Waals surface area contributed by atoms with Crippen LogP contribution in [0.1, 0.15) is 26.3 Å². The third-order valence-electron chi connectivity index (χ3n) is 3.51. The predicted octanol–water partition coefficient (Wildman–Crippen LogP) is 1.59. The zero-order valence-corrected chi connectivity index (χ0v) is 14.0. The Morgan fingerprint density at radius 3 is 2.58 bits per heavy atom. The van der Waals surface area contributed by atoms with Crippen molar-refractivity contribution >= 4 is 23.4 Å². The van der Waals surface area contributed by atoms with Crippen molar-refractivity contribution < 1.29 is 19.5 Å². The highest BCUT2D eigenvalue weighted by atomic mass is 16.3. The second kappa shape index (κ2) is 8.48. The van der Waals surface area contributed by atoms with Gasteiger partial charge in [0, 0.05) is 23.9 Å². The minimum absolute atomic E-state index is 0.0312. The number of carbonyl (C=O) groups is 3. The predicted molar refractivity (Wildman–Crippen MR) is 97.9 cm³/mol. The first-order valence-corrected chi connectivity index (χ1v) is 7.81. The zero-order valence-electron chi connectivity index (χ0n) is 14.0. The zero-order chi connectivity index (χ0) is 19.1. The normalized spacial score (nSPS) is 10.0. The van der Waals surface area contributed by atoms with E-state index in [2.05, 4.69) is 17.2 Å². The molecule has 0 saturated heterocycles. The van der Waals surface area contributed by atoms with Crippen LogP contribution in [0, 0.1) is 0 Å². The van der Waals surface area contributed by atoms with Crippen molar-refractivity contribution in [1.29, 1.82) is 0 Å². The molecular weight excluding hydrogens is 334 g/mol. The van der Waals surface area contributed by atoms with E-state index in [1.54, 1.807) is 24.3 Å². The number of anilines is 1. The molecule has 0 bridgehead atoms. The van der Waals surface area contributed by atoms with Gasteiger partial charge in [-0.15, -0.1) is 6.58 Å². The molecule has 5 N–H and O–H groups in total. The molecule has 0 atom stereocenters.